The van der Waals surface area contributed by atoms with Crippen molar-refractivity contribution in [2.45, 2.75) is 32.6 Å². The van der Waals surface area contributed by atoms with Crippen LogP contribution in [0.15, 0.2) is 43.0 Å². The molecule has 1 saturated heterocycles. The first-order chi connectivity index (χ1) is 18.4. The van der Waals surface area contributed by atoms with Gasteiger partial charge in [0.05, 0.1) is 23.1 Å². The van der Waals surface area contributed by atoms with Crippen LogP contribution in [0, 0.1) is 12.3 Å². The van der Waals surface area contributed by atoms with Crippen molar-refractivity contribution in [2.24, 2.45) is 12.5 Å². The van der Waals surface area contributed by atoms with Gasteiger partial charge in [-0.25, -0.2) is 0 Å². The van der Waals surface area contributed by atoms with E-state index < -0.39 is 5.91 Å². The molecule has 2 aliphatic rings. The van der Waals surface area contributed by atoms with Gasteiger partial charge >= 0.3 is 0 Å². The molecule has 0 unspecified atom stereocenters. The van der Waals surface area contributed by atoms with Crippen molar-refractivity contribution >= 4 is 23.1 Å². The third kappa shape index (κ3) is 4.89. The van der Waals surface area contributed by atoms with E-state index in [1.807, 2.05) is 25.4 Å². The molecule has 1 aliphatic heterocycles. The standard InChI is InChI=1S/C27H31N9O2/c1-18-22(13-20(15-29-18)25(37)28-8-12-35-10-6-27(4-5-27)7-11-35)31-26(38)24-33-32-23-14-19(3-9-36(23)24)21-16-30-34(2)17-21/h3,9,13-17H,4-8,10-12H2,1-2H3,(H,28,37)(H,31,38). The monoisotopic (exact) mass is 513 g/mol. The quantitative estimate of drug-likeness (QED) is 0.390. The minimum atomic E-state index is -0.437. The summed E-state index contributed by atoms with van der Waals surface area (Å²) in [5.74, 6) is -0.506. The molecular weight excluding hydrogens is 482 g/mol. The minimum Gasteiger partial charge on any atom is -0.351 e. The maximum atomic E-state index is 13.1. The zero-order valence-corrected chi connectivity index (χ0v) is 21.6. The number of anilines is 1. The average molecular weight is 514 g/mol. The topological polar surface area (TPSA) is 122 Å². The molecule has 38 heavy (non-hydrogen) atoms. The van der Waals surface area contributed by atoms with Gasteiger partial charge in [0.2, 0.25) is 5.82 Å². The molecule has 4 aromatic rings. The third-order valence-electron chi connectivity index (χ3n) is 7.84. The van der Waals surface area contributed by atoms with E-state index in [1.165, 1.54) is 31.9 Å². The number of hydrogen-bond donors (Lipinski definition) is 2. The number of nitrogens with one attached hydrogen (secondary N) is 2. The van der Waals surface area contributed by atoms with Gasteiger partial charge in [-0.3, -0.25) is 23.7 Å². The molecule has 2 N–H and O–H groups in total. The van der Waals surface area contributed by atoms with Crippen LogP contribution in [0.4, 0.5) is 5.69 Å². The molecule has 1 aliphatic carbocycles. The Hall–Kier alpha value is -4.12. The third-order valence-corrected chi connectivity index (χ3v) is 7.84. The van der Waals surface area contributed by atoms with Gasteiger partial charge in [0.25, 0.3) is 11.8 Å². The Morgan fingerprint density at radius 1 is 1.03 bits per heavy atom. The lowest BCUT2D eigenvalue weighted by Crippen LogP contribution is -2.40. The lowest BCUT2D eigenvalue weighted by Gasteiger charge is -2.32. The van der Waals surface area contributed by atoms with Crippen molar-refractivity contribution in [3.8, 4) is 11.1 Å². The number of piperidine rings is 1. The Morgan fingerprint density at radius 3 is 2.58 bits per heavy atom. The molecule has 0 aromatic carbocycles. The molecular formula is C27H31N9O2. The van der Waals surface area contributed by atoms with Crippen LogP contribution in [0.25, 0.3) is 16.8 Å². The molecule has 1 spiro atoms. The zero-order valence-electron chi connectivity index (χ0n) is 21.6. The normalized spacial score (nSPS) is 16.6. The van der Waals surface area contributed by atoms with Gasteiger partial charge in [-0.05, 0) is 74.9 Å². The predicted octanol–water partition coefficient (Wildman–Crippen LogP) is 2.69. The highest BCUT2D eigenvalue weighted by molar-refractivity contribution is 6.03. The maximum Gasteiger partial charge on any atom is 0.294 e. The van der Waals surface area contributed by atoms with Crippen molar-refractivity contribution < 1.29 is 9.59 Å². The predicted molar refractivity (Wildman–Crippen MR) is 142 cm³/mol. The van der Waals surface area contributed by atoms with Gasteiger partial charge in [0, 0.05) is 44.3 Å². The maximum absolute atomic E-state index is 13.1. The second kappa shape index (κ2) is 9.64. The molecule has 4 aromatic heterocycles. The van der Waals surface area contributed by atoms with Gasteiger partial charge in [-0.2, -0.15) is 5.10 Å². The number of pyridine rings is 2. The zero-order chi connectivity index (χ0) is 26.3. The number of amides is 2. The average Bonchev–Trinajstić information content (AvgIpc) is 3.31. The molecule has 0 radical (unpaired) electrons. The molecule has 11 heteroatoms. The van der Waals surface area contributed by atoms with Crippen LogP contribution in [-0.2, 0) is 7.05 Å². The lowest BCUT2D eigenvalue weighted by molar-refractivity contribution is 0.0941. The fraction of sp³-hybridized carbons (Fsp3) is 0.407. The summed E-state index contributed by atoms with van der Waals surface area (Å²) in [4.78, 5) is 32.6. The summed E-state index contributed by atoms with van der Waals surface area (Å²) in [7, 11) is 1.86. The highest BCUT2D eigenvalue weighted by atomic mass is 16.2. The van der Waals surface area contributed by atoms with Gasteiger partial charge in [0.1, 0.15) is 0 Å². The number of fused-ring (bicyclic) bond motifs is 1. The van der Waals surface area contributed by atoms with Crippen molar-refractivity contribution in [3.05, 3.63) is 60.1 Å². The smallest absolute Gasteiger partial charge is 0.294 e. The Labute approximate surface area is 220 Å². The van der Waals surface area contributed by atoms with Crippen molar-refractivity contribution in [3.63, 3.8) is 0 Å². The Kier molecular flexibility index (Phi) is 6.15. The minimum absolute atomic E-state index is 0.140. The van der Waals surface area contributed by atoms with Gasteiger partial charge in [-0.1, -0.05) is 0 Å². The van der Waals surface area contributed by atoms with E-state index in [0.717, 1.165) is 30.8 Å². The number of nitrogens with zero attached hydrogens (tertiary/aromatic N) is 7. The summed E-state index contributed by atoms with van der Waals surface area (Å²) in [6.07, 6.45) is 12.3. The molecule has 0 bridgehead atoms. The van der Waals surface area contributed by atoms with Gasteiger partial charge in [0.15, 0.2) is 5.65 Å². The number of carbonyl (C=O) groups is 2. The largest absolute Gasteiger partial charge is 0.351 e. The van der Waals surface area contributed by atoms with E-state index >= 15 is 0 Å². The summed E-state index contributed by atoms with van der Waals surface area (Å²) >= 11 is 0. The Balaban J connectivity index is 1.09. The summed E-state index contributed by atoms with van der Waals surface area (Å²) in [5.41, 5.74) is 4.52. The first-order valence-corrected chi connectivity index (χ1v) is 13.0. The fourth-order valence-corrected chi connectivity index (χ4v) is 5.11. The molecule has 1 saturated carbocycles. The van der Waals surface area contributed by atoms with Crippen LogP contribution in [-0.4, -0.2) is 72.3 Å². The van der Waals surface area contributed by atoms with Gasteiger partial charge < -0.3 is 15.5 Å². The van der Waals surface area contributed by atoms with Crippen LogP contribution in [0.3, 0.4) is 0 Å². The summed E-state index contributed by atoms with van der Waals surface area (Å²) < 4.78 is 3.35. The highest BCUT2D eigenvalue weighted by Gasteiger charge is 2.44. The number of rotatable bonds is 7. The molecule has 2 fully saturated rings. The van der Waals surface area contributed by atoms with E-state index in [-0.39, 0.29) is 11.7 Å². The SMILES string of the molecule is Cc1ncc(C(=O)NCCN2CCC3(CC2)CC3)cc1NC(=O)c1nnc2cc(-c3cnn(C)c3)ccn12. The van der Waals surface area contributed by atoms with Crippen molar-refractivity contribution in [1.29, 1.82) is 0 Å². The summed E-state index contributed by atoms with van der Waals surface area (Å²) in [5, 5.41) is 18.3. The van der Waals surface area contributed by atoms with Gasteiger partial charge in [-0.15, -0.1) is 10.2 Å². The van der Waals surface area contributed by atoms with Crippen LogP contribution >= 0.6 is 0 Å². The van der Waals surface area contributed by atoms with Crippen LogP contribution in [0.1, 0.15) is 52.4 Å². The van der Waals surface area contributed by atoms with Crippen LogP contribution in [0.5, 0.6) is 0 Å². The second-order valence-corrected chi connectivity index (χ2v) is 10.5. The lowest BCUT2D eigenvalue weighted by atomic mass is 9.94. The molecule has 196 valence electrons. The first-order valence-electron chi connectivity index (χ1n) is 13.0. The molecule has 6 rings (SSSR count). The first kappa shape index (κ1) is 24.2. The van der Waals surface area contributed by atoms with Crippen molar-refractivity contribution in [1.82, 2.24) is 39.6 Å². The number of likely N-dealkylation sites (tertiary alicyclic amines) is 1. The Morgan fingerprint density at radius 2 is 1.84 bits per heavy atom. The van der Waals surface area contributed by atoms with E-state index in [1.54, 1.807) is 34.5 Å². The second-order valence-electron chi connectivity index (χ2n) is 10.5. The summed E-state index contributed by atoms with van der Waals surface area (Å²) in [6, 6.07) is 5.39. The van der Waals surface area contributed by atoms with Crippen LogP contribution in [0.2, 0.25) is 0 Å². The van der Waals surface area contributed by atoms with E-state index in [0.29, 0.717) is 34.6 Å². The van der Waals surface area contributed by atoms with E-state index in [2.05, 4.69) is 35.8 Å². The fourth-order valence-electron chi connectivity index (χ4n) is 5.11. The molecule has 2 amide bonds. The van der Waals surface area contributed by atoms with E-state index in [9.17, 15) is 9.59 Å². The Bertz CT molecular complexity index is 1510. The molecule has 11 nitrogen and oxygen atoms in total. The number of hydrogen-bond acceptors (Lipinski definition) is 7. The van der Waals surface area contributed by atoms with E-state index in [4.69, 9.17) is 0 Å². The summed E-state index contributed by atoms with van der Waals surface area (Å²) in [6.45, 7) is 5.42. The highest BCUT2D eigenvalue weighted by Crippen LogP contribution is 2.53. The van der Waals surface area contributed by atoms with Crippen LogP contribution < -0.4 is 10.6 Å². The molecule has 0 atom stereocenters. The number of aromatic nitrogens is 6. The molecule has 5 heterocycles. The van der Waals surface area contributed by atoms with Crippen molar-refractivity contribution in [2.75, 3.05) is 31.5 Å². The number of aryl methyl sites for hydroxylation is 2. The number of carbonyl (C=O) groups excluding carboxylic acids is 2.